The van der Waals surface area contributed by atoms with Gasteiger partial charge in [0.1, 0.15) is 11.5 Å². The van der Waals surface area contributed by atoms with Gasteiger partial charge in [0.15, 0.2) is 0 Å². The molecule has 3 heterocycles. The number of aromatic amines is 2. The largest absolute Gasteiger partial charge is 0.479 e. The first-order valence-corrected chi connectivity index (χ1v) is 9.60. The Morgan fingerprint density at radius 2 is 1.97 bits per heavy atom. The minimum absolute atomic E-state index is 0.0950. The Kier molecular flexibility index (Phi) is 5.36. The summed E-state index contributed by atoms with van der Waals surface area (Å²) in [6, 6.07) is 9.34. The summed E-state index contributed by atoms with van der Waals surface area (Å²) in [6.07, 6.45) is 0. The second-order valence-electron chi connectivity index (χ2n) is 7.53. The van der Waals surface area contributed by atoms with E-state index in [1.807, 2.05) is 30.3 Å². The molecule has 166 valence electrons. The zero-order valence-corrected chi connectivity index (χ0v) is 17.5. The SMILES string of the molecule is COc1n[nH]c2cc(NC(=O)NC(c3ccccc3)C(C)(C)O)nc(-c3n[nH]c(=O)o3)c12. The molecule has 4 aromatic rings. The molecule has 12 heteroatoms. The number of H-pyrrole nitrogens is 2. The van der Waals surface area contributed by atoms with Gasteiger partial charge >= 0.3 is 11.8 Å². The van der Waals surface area contributed by atoms with Crippen LogP contribution >= 0.6 is 0 Å². The van der Waals surface area contributed by atoms with Gasteiger partial charge in [-0.25, -0.2) is 19.7 Å². The maximum Gasteiger partial charge on any atom is 0.434 e. The highest BCUT2D eigenvalue weighted by Gasteiger charge is 2.30. The number of urea groups is 1. The van der Waals surface area contributed by atoms with Crippen LogP contribution in [0.3, 0.4) is 0 Å². The Balaban J connectivity index is 1.67. The lowest BCUT2D eigenvalue weighted by Gasteiger charge is -2.30. The lowest BCUT2D eigenvalue weighted by atomic mass is 9.92. The van der Waals surface area contributed by atoms with Gasteiger partial charge in [-0.1, -0.05) is 30.3 Å². The van der Waals surface area contributed by atoms with Gasteiger partial charge in [-0.15, -0.1) is 10.2 Å². The second kappa shape index (κ2) is 8.15. The molecule has 5 N–H and O–H groups in total. The number of aromatic nitrogens is 5. The van der Waals surface area contributed by atoms with Gasteiger partial charge in [-0.3, -0.25) is 10.4 Å². The van der Waals surface area contributed by atoms with E-state index >= 15 is 0 Å². The van der Waals surface area contributed by atoms with Gasteiger partial charge in [-0.2, -0.15) is 0 Å². The molecule has 0 fully saturated rings. The molecule has 12 nitrogen and oxygen atoms in total. The van der Waals surface area contributed by atoms with Crippen LogP contribution < -0.4 is 21.1 Å². The predicted molar refractivity (Wildman–Crippen MR) is 114 cm³/mol. The maximum absolute atomic E-state index is 12.8. The van der Waals surface area contributed by atoms with Crippen LogP contribution in [0.2, 0.25) is 0 Å². The van der Waals surface area contributed by atoms with Gasteiger partial charge in [0.05, 0.1) is 29.7 Å². The third kappa shape index (κ3) is 4.16. The molecule has 1 aromatic carbocycles. The lowest BCUT2D eigenvalue weighted by Crippen LogP contribution is -2.43. The van der Waals surface area contributed by atoms with E-state index in [-0.39, 0.29) is 23.3 Å². The van der Waals surface area contributed by atoms with Gasteiger partial charge in [-0.05, 0) is 19.4 Å². The van der Waals surface area contributed by atoms with Crippen LogP contribution in [0, 0.1) is 0 Å². The second-order valence-corrected chi connectivity index (χ2v) is 7.53. The highest BCUT2D eigenvalue weighted by Crippen LogP contribution is 2.33. The van der Waals surface area contributed by atoms with Gasteiger partial charge in [0.25, 0.3) is 5.89 Å². The molecule has 0 saturated carbocycles. The number of anilines is 1. The number of fused-ring (bicyclic) bond motifs is 1. The van der Waals surface area contributed by atoms with Gasteiger partial charge in [0.2, 0.25) is 5.88 Å². The molecule has 1 atom stereocenters. The van der Waals surface area contributed by atoms with Crippen molar-refractivity contribution in [2.75, 3.05) is 12.4 Å². The van der Waals surface area contributed by atoms with Crippen molar-refractivity contribution in [3.8, 4) is 17.5 Å². The number of methoxy groups -OCH3 is 1. The van der Waals surface area contributed by atoms with Crippen molar-refractivity contribution in [1.29, 1.82) is 0 Å². The fourth-order valence-corrected chi connectivity index (χ4v) is 3.31. The number of hydrogen-bond donors (Lipinski definition) is 5. The Morgan fingerprint density at radius 1 is 1.22 bits per heavy atom. The van der Waals surface area contributed by atoms with Gasteiger partial charge < -0.3 is 19.6 Å². The smallest absolute Gasteiger partial charge is 0.434 e. The molecule has 0 radical (unpaired) electrons. The molecule has 0 spiro atoms. The number of carbonyl (C=O) groups excluding carboxylic acids is 1. The van der Waals surface area contributed by atoms with E-state index in [0.717, 1.165) is 5.56 Å². The molecule has 1 unspecified atom stereocenters. The number of nitrogens with one attached hydrogen (secondary N) is 4. The highest BCUT2D eigenvalue weighted by molar-refractivity contribution is 5.98. The average molecular weight is 439 g/mol. The molecule has 3 aromatic heterocycles. The number of rotatable bonds is 6. The fourth-order valence-electron chi connectivity index (χ4n) is 3.31. The van der Waals surface area contributed by atoms with Crippen molar-refractivity contribution in [3.05, 3.63) is 52.5 Å². The number of nitrogens with zero attached hydrogens (tertiary/aromatic N) is 3. The highest BCUT2D eigenvalue weighted by atomic mass is 16.5. The lowest BCUT2D eigenvalue weighted by molar-refractivity contribution is 0.0415. The molecular formula is C20H21N7O5. The maximum atomic E-state index is 12.8. The van der Waals surface area contributed by atoms with Crippen molar-refractivity contribution in [3.63, 3.8) is 0 Å². The van der Waals surface area contributed by atoms with Crippen LogP contribution in [0.5, 0.6) is 5.88 Å². The number of benzene rings is 1. The number of ether oxygens (including phenoxy) is 1. The van der Waals surface area contributed by atoms with E-state index in [2.05, 4.69) is 36.0 Å². The summed E-state index contributed by atoms with van der Waals surface area (Å²) in [5.41, 5.74) is 0.103. The average Bonchev–Trinajstić information content (AvgIpc) is 3.37. The molecule has 0 aliphatic heterocycles. The first kappa shape index (κ1) is 21.1. The Bertz CT molecular complexity index is 1300. The minimum atomic E-state index is -1.24. The normalized spacial score (nSPS) is 12.5. The van der Waals surface area contributed by atoms with E-state index in [9.17, 15) is 14.7 Å². The van der Waals surface area contributed by atoms with Gasteiger partial charge in [0, 0.05) is 6.07 Å². The third-order valence-corrected chi connectivity index (χ3v) is 4.70. The molecule has 0 saturated heterocycles. The fraction of sp³-hybridized carbons (Fsp3) is 0.250. The summed E-state index contributed by atoms with van der Waals surface area (Å²) >= 11 is 0. The first-order valence-electron chi connectivity index (χ1n) is 9.60. The summed E-state index contributed by atoms with van der Waals surface area (Å²) in [5, 5.41) is 29.2. The summed E-state index contributed by atoms with van der Waals surface area (Å²) in [7, 11) is 1.43. The molecule has 32 heavy (non-hydrogen) atoms. The van der Waals surface area contributed by atoms with Crippen LogP contribution in [0.25, 0.3) is 22.5 Å². The van der Waals surface area contributed by atoms with Crippen LogP contribution in [0.1, 0.15) is 25.5 Å². The van der Waals surface area contributed by atoms with Crippen LogP contribution in [0.4, 0.5) is 10.6 Å². The zero-order valence-electron chi connectivity index (χ0n) is 17.5. The van der Waals surface area contributed by atoms with E-state index in [0.29, 0.717) is 10.9 Å². The van der Waals surface area contributed by atoms with Crippen LogP contribution in [-0.2, 0) is 0 Å². The van der Waals surface area contributed by atoms with Crippen molar-refractivity contribution in [2.24, 2.45) is 0 Å². The number of pyridine rings is 1. The standard InChI is InChI=1S/C20H21N7O5/c1-20(2,30)15(10-7-5-4-6-8-10)23-18(28)22-12-9-11-13(16(31-3)25-24-11)14(21-12)17-26-27-19(29)32-17/h4-9,15,30H,1-3H3,(H,24,25)(H,27,29)(H2,21,22,23,28). The van der Waals surface area contributed by atoms with E-state index in [1.165, 1.54) is 7.11 Å². The number of aliphatic hydroxyl groups is 1. The Hall–Kier alpha value is -4.19. The molecule has 4 rings (SSSR count). The van der Waals surface area contributed by atoms with E-state index in [1.54, 1.807) is 19.9 Å². The minimum Gasteiger partial charge on any atom is -0.479 e. The summed E-state index contributed by atoms with van der Waals surface area (Å²) < 4.78 is 10.3. The van der Waals surface area contributed by atoms with Crippen molar-refractivity contribution in [1.82, 2.24) is 30.7 Å². The van der Waals surface area contributed by atoms with Crippen molar-refractivity contribution < 1.29 is 19.1 Å². The molecule has 2 amide bonds. The van der Waals surface area contributed by atoms with Crippen molar-refractivity contribution >= 4 is 22.8 Å². The zero-order chi connectivity index (χ0) is 22.9. The molecule has 0 bridgehead atoms. The monoisotopic (exact) mass is 439 g/mol. The third-order valence-electron chi connectivity index (χ3n) is 4.70. The number of carbonyl (C=O) groups is 1. The summed E-state index contributed by atoms with van der Waals surface area (Å²) in [4.78, 5) is 28.6. The summed E-state index contributed by atoms with van der Waals surface area (Å²) in [6.45, 7) is 3.20. The van der Waals surface area contributed by atoms with E-state index < -0.39 is 23.4 Å². The van der Waals surface area contributed by atoms with Crippen molar-refractivity contribution in [2.45, 2.75) is 25.5 Å². The predicted octanol–water partition coefficient (Wildman–Crippen LogP) is 1.94. The van der Waals surface area contributed by atoms with Crippen LogP contribution in [-0.4, -0.2) is 49.2 Å². The quantitative estimate of drug-likeness (QED) is 0.303. The number of hydrogen-bond acceptors (Lipinski definition) is 8. The Morgan fingerprint density at radius 3 is 2.59 bits per heavy atom. The molecule has 0 aliphatic rings. The first-order chi connectivity index (χ1) is 15.3. The molecular weight excluding hydrogens is 418 g/mol. The van der Waals surface area contributed by atoms with E-state index in [4.69, 9.17) is 9.15 Å². The Labute approximate surface area is 181 Å². The topological polar surface area (TPSA) is 171 Å². The van der Waals surface area contributed by atoms with Crippen LogP contribution in [0.15, 0.2) is 45.6 Å². The number of amides is 2. The molecule has 0 aliphatic carbocycles. The summed E-state index contributed by atoms with van der Waals surface area (Å²) in [5.74, 6) is -0.508.